The van der Waals surface area contributed by atoms with E-state index in [0.29, 0.717) is 6.54 Å². The lowest BCUT2D eigenvalue weighted by atomic mass is 10.0. The predicted molar refractivity (Wildman–Crippen MR) is 97.1 cm³/mol. The Balaban J connectivity index is 1.63. The lowest BCUT2D eigenvalue weighted by Crippen LogP contribution is -2.48. The normalized spacial score (nSPS) is 24.2. The highest BCUT2D eigenvalue weighted by molar-refractivity contribution is 5.24. The van der Waals surface area contributed by atoms with Gasteiger partial charge in [0.05, 0.1) is 18.8 Å². The minimum atomic E-state index is 0.155. The molecule has 2 fully saturated rings. The molecule has 1 N–H and O–H groups in total. The Morgan fingerprint density at radius 2 is 1.79 bits per heavy atom. The third-order valence-corrected chi connectivity index (χ3v) is 5.86. The van der Waals surface area contributed by atoms with Gasteiger partial charge in [-0.15, -0.1) is 0 Å². The summed E-state index contributed by atoms with van der Waals surface area (Å²) in [6, 6.07) is 0.741. The lowest BCUT2D eigenvalue weighted by Gasteiger charge is -2.39. The average Bonchev–Trinajstić information content (AvgIpc) is 2.80. The van der Waals surface area contributed by atoms with Crippen LogP contribution in [0.3, 0.4) is 0 Å². The van der Waals surface area contributed by atoms with E-state index in [1.54, 1.807) is 0 Å². The predicted octanol–water partition coefficient (Wildman–Crippen LogP) is 2.33. The van der Waals surface area contributed by atoms with Gasteiger partial charge in [0.15, 0.2) is 0 Å². The summed E-state index contributed by atoms with van der Waals surface area (Å²) in [7, 11) is 0. The second-order valence-corrected chi connectivity index (χ2v) is 7.58. The van der Waals surface area contributed by atoms with Gasteiger partial charge in [-0.2, -0.15) is 5.10 Å². The van der Waals surface area contributed by atoms with E-state index < -0.39 is 0 Å². The van der Waals surface area contributed by atoms with Crippen LogP contribution >= 0.6 is 0 Å². The van der Waals surface area contributed by atoms with E-state index in [1.807, 2.05) is 4.68 Å². The Kier molecular flexibility index (Phi) is 6.31. The molecule has 3 heterocycles. The largest absolute Gasteiger partial charge is 0.394 e. The van der Waals surface area contributed by atoms with Crippen molar-refractivity contribution < 1.29 is 5.11 Å². The Morgan fingerprint density at radius 3 is 2.50 bits per heavy atom. The summed E-state index contributed by atoms with van der Waals surface area (Å²) >= 11 is 0. The van der Waals surface area contributed by atoms with Gasteiger partial charge in [0.25, 0.3) is 0 Å². The van der Waals surface area contributed by atoms with Crippen molar-refractivity contribution in [2.24, 2.45) is 0 Å². The maximum atomic E-state index is 9.19. The number of nitrogens with zero attached hydrogens (tertiary/aromatic N) is 4. The summed E-state index contributed by atoms with van der Waals surface area (Å²) in [4.78, 5) is 5.38. The first-order valence-corrected chi connectivity index (χ1v) is 9.79. The van der Waals surface area contributed by atoms with Crippen LogP contribution in [0.4, 0.5) is 0 Å². The first-order valence-electron chi connectivity index (χ1n) is 9.79. The Hall–Kier alpha value is -0.910. The lowest BCUT2D eigenvalue weighted by molar-refractivity contribution is 0.0954. The van der Waals surface area contributed by atoms with Crippen LogP contribution in [0, 0.1) is 13.8 Å². The molecule has 1 atom stereocenters. The molecule has 136 valence electrons. The van der Waals surface area contributed by atoms with Gasteiger partial charge in [-0.05, 0) is 59.2 Å². The number of hydrogen-bond donors (Lipinski definition) is 1. The van der Waals surface area contributed by atoms with Crippen molar-refractivity contribution in [1.29, 1.82) is 0 Å². The smallest absolute Gasteiger partial charge is 0.0644 e. The molecule has 1 aromatic heterocycles. The highest BCUT2D eigenvalue weighted by atomic mass is 16.3. The molecule has 0 radical (unpaired) electrons. The third kappa shape index (κ3) is 4.19. The maximum absolute atomic E-state index is 9.19. The molecule has 2 aliphatic heterocycles. The van der Waals surface area contributed by atoms with Crippen LogP contribution < -0.4 is 0 Å². The number of rotatable bonds is 5. The number of hydrogen-bond acceptors (Lipinski definition) is 4. The SMILES string of the molecule is Cc1nn(CCO)c(C)c1CN1CCCC(N2CCCCCC2)C1. The monoisotopic (exact) mass is 334 g/mol. The number of aromatic nitrogens is 2. The molecule has 5 heteroatoms. The fourth-order valence-corrected chi connectivity index (χ4v) is 4.43. The van der Waals surface area contributed by atoms with Crippen molar-refractivity contribution in [2.75, 3.05) is 32.8 Å². The first-order chi connectivity index (χ1) is 11.7. The zero-order chi connectivity index (χ0) is 16.9. The van der Waals surface area contributed by atoms with Gasteiger partial charge in [-0.1, -0.05) is 12.8 Å². The molecule has 5 nitrogen and oxygen atoms in total. The van der Waals surface area contributed by atoms with E-state index in [0.717, 1.165) is 18.3 Å². The van der Waals surface area contributed by atoms with E-state index in [2.05, 4.69) is 28.7 Å². The molecule has 0 aliphatic carbocycles. The summed E-state index contributed by atoms with van der Waals surface area (Å²) in [5.41, 5.74) is 3.70. The van der Waals surface area contributed by atoms with Crippen molar-refractivity contribution in [1.82, 2.24) is 19.6 Å². The molecular weight excluding hydrogens is 300 g/mol. The fraction of sp³-hybridized carbons (Fsp3) is 0.842. The van der Waals surface area contributed by atoms with Crippen molar-refractivity contribution in [3.8, 4) is 0 Å². The zero-order valence-electron chi connectivity index (χ0n) is 15.5. The van der Waals surface area contributed by atoms with Crippen molar-refractivity contribution >= 4 is 0 Å². The molecule has 1 unspecified atom stereocenters. The second kappa shape index (κ2) is 8.45. The number of likely N-dealkylation sites (tertiary alicyclic amines) is 2. The standard InChI is InChI=1S/C19H34N4O/c1-16-19(17(2)23(20-16)12-13-24)15-21-9-7-8-18(14-21)22-10-5-3-4-6-11-22/h18,24H,3-15H2,1-2H3. The van der Waals surface area contributed by atoms with Crippen LogP contribution in [-0.2, 0) is 13.1 Å². The zero-order valence-corrected chi connectivity index (χ0v) is 15.5. The Labute approximate surface area is 146 Å². The summed E-state index contributed by atoms with van der Waals surface area (Å²) in [6.45, 7) is 11.0. The van der Waals surface area contributed by atoms with Crippen LogP contribution in [0.15, 0.2) is 0 Å². The van der Waals surface area contributed by atoms with Crippen LogP contribution in [0.1, 0.15) is 55.5 Å². The van der Waals surface area contributed by atoms with Crippen molar-refractivity contribution in [3.63, 3.8) is 0 Å². The molecule has 24 heavy (non-hydrogen) atoms. The van der Waals surface area contributed by atoms with Crippen LogP contribution in [0.25, 0.3) is 0 Å². The molecule has 3 rings (SSSR count). The minimum Gasteiger partial charge on any atom is -0.394 e. The number of aliphatic hydroxyl groups is 1. The van der Waals surface area contributed by atoms with E-state index in [-0.39, 0.29) is 6.61 Å². The maximum Gasteiger partial charge on any atom is 0.0644 e. The van der Waals surface area contributed by atoms with E-state index >= 15 is 0 Å². The third-order valence-electron chi connectivity index (χ3n) is 5.86. The molecule has 0 amide bonds. The van der Waals surface area contributed by atoms with Gasteiger partial charge in [-0.3, -0.25) is 14.5 Å². The van der Waals surface area contributed by atoms with E-state index in [4.69, 9.17) is 0 Å². The first kappa shape index (κ1) is 17.9. The van der Waals surface area contributed by atoms with Crippen LogP contribution in [0.5, 0.6) is 0 Å². The van der Waals surface area contributed by atoms with E-state index in [9.17, 15) is 5.11 Å². The topological polar surface area (TPSA) is 44.5 Å². The Bertz CT molecular complexity index is 520. The minimum absolute atomic E-state index is 0.155. The van der Waals surface area contributed by atoms with Crippen molar-refractivity contribution in [3.05, 3.63) is 17.0 Å². The van der Waals surface area contributed by atoms with Crippen LogP contribution in [-0.4, -0.2) is 63.5 Å². The summed E-state index contributed by atoms with van der Waals surface area (Å²) < 4.78 is 1.96. The van der Waals surface area contributed by atoms with Gasteiger partial charge in [0.2, 0.25) is 0 Å². The average molecular weight is 335 g/mol. The van der Waals surface area contributed by atoms with Gasteiger partial charge in [0, 0.05) is 30.4 Å². The highest BCUT2D eigenvalue weighted by Crippen LogP contribution is 2.23. The van der Waals surface area contributed by atoms with Gasteiger partial charge >= 0.3 is 0 Å². The quantitative estimate of drug-likeness (QED) is 0.898. The highest BCUT2D eigenvalue weighted by Gasteiger charge is 2.26. The van der Waals surface area contributed by atoms with E-state index in [1.165, 1.54) is 76.0 Å². The number of aliphatic hydroxyl groups excluding tert-OH is 1. The molecule has 2 saturated heterocycles. The number of piperidine rings is 1. The van der Waals surface area contributed by atoms with Crippen molar-refractivity contribution in [2.45, 2.75) is 71.5 Å². The molecule has 0 saturated carbocycles. The van der Waals surface area contributed by atoms with Gasteiger partial charge < -0.3 is 5.11 Å². The number of aryl methyl sites for hydroxylation is 1. The summed E-state index contributed by atoms with van der Waals surface area (Å²) in [6.07, 6.45) is 8.25. The molecule has 0 bridgehead atoms. The van der Waals surface area contributed by atoms with Crippen LogP contribution in [0.2, 0.25) is 0 Å². The molecule has 0 spiro atoms. The molecule has 2 aliphatic rings. The van der Waals surface area contributed by atoms with Gasteiger partial charge in [0.1, 0.15) is 0 Å². The molecular formula is C19H34N4O. The van der Waals surface area contributed by atoms with Gasteiger partial charge in [-0.25, -0.2) is 0 Å². The molecule has 1 aromatic rings. The Morgan fingerprint density at radius 1 is 1.04 bits per heavy atom. The fourth-order valence-electron chi connectivity index (χ4n) is 4.43. The summed E-state index contributed by atoms with van der Waals surface area (Å²) in [5.74, 6) is 0. The second-order valence-electron chi connectivity index (χ2n) is 7.58. The molecule has 0 aromatic carbocycles. The summed E-state index contributed by atoms with van der Waals surface area (Å²) in [5, 5.41) is 13.8.